The summed E-state index contributed by atoms with van der Waals surface area (Å²) in [6.07, 6.45) is 0. The summed E-state index contributed by atoms with van der Waals surface area (Å²) in [6, 6.07) is 6.52. The van der Waals surface area contributed by atoms with E-state index in [2.05, 4.69) is 10.3 Å². The number of rotatable bonds is 3. The van der Waals surface area contributed by atoms with Gasteiger partial charge in [0.25, 0.3) is 0 Å². The van der Waals surface area contributed by atoms with Crippen LogP contribution < -0.4 is 10.2 Å². The van der Waals surface area contributed by atoms with Crippen molar-refractivity contribution < 1.29 is 14.7 Å². The summed E-state index contributed by atoms with van der Waals surface area (Å²) < 4.78 is 0. The number of hydrogen-bond acceptors (Lipinski definition) is 4. The fourth-order valence-electron chi connectivity index (χ4n) is 1.90. The molecule has 0 radical (unpaired) electrons. The predicted molar refractivity (Wildman–Crippen MR) is 77.3 cm³/mol. The van der Waals surface area contributed by atoms with Crippen LogP contribution in [0.2, 0.25) is 0 Å². The molecule has 2 aromatic rings. The molecule has 1 amide bonds. The standard InChI is InChI=1S/C14H15N3O3/c1-8(18)15-9-4-5-12-10(6-9)11(14(19)20)7-13(16-12)17(2)3/h4-7H,1-3H3,(H,15,18)(H,19,20). The first-order valence-electron chi connectivity index (χ1n) is 6.01. The van der Waals surface area contributed by atoms with E-state index < -0.39 is 5.97 Å². The second-order valence-electron chi connectivity index (χ2n) is 4.64. The summed E-state index contributed by atoms with van der Waals surface area (Å²) in [6.45, 7) is 1.40. The number of carboxylic acid groups (broad SMARTS) is 1. The van der Waals surface area contributed by atoms with Gasteiger partial charge in [-0.3, -0.25) is 4.79 Å². The molecule has 6 nitrogen and oxygen atoms in total. The van der Waals surface area contributed by atoms with Gasteiger partial charge in [-0.25, -0.2) is 9.78 Å². The van der Waals surface area contributed by atoms with Crippen molar-refractivity contribution >= 4 is 34.3 Å². The van der Waals surface area contributed by atoms with E-state index in [9.17, 15) is 14.7 Å². The van der Waals surface area contributed by atoms with Crippen molar-refractivity contribution in [2.24, 2.45) is 0 Å². The van der Waals surface area contributed by atoms with Gasteiger partial charge in [0.2, 0.25) is 5.91 Å². The van der Waals surface area contributed by atoms with Crippen LogP contribution in [0.3, 0.4) is 0 Å². The number of carboxylic acids is 1. The second kappa shape index (κ2) is 5.16. The van der Waals surface area contributed by atoms with Gasteiger partial charge in [-0.05, 0) is 24.3 Å². The zero-order valence-electron chi connectivity index (χ0n) is 11.5. The van der Waals surface area contributed by atoms with E-state index in [1.807, 2.05) is 0 Å². The number of carbonyl (C=O) groups excluding carboxylic acids is 1. The number of aromatic carboxylic acids is 1. The lowest BCUT2D eigenvalue weighted by Gasteiger charge is -2.14. The SMILES string of the molecule is CC(=O)Nc1ccc2nc(N(C)C)cc(C(=O)O)c2c1. The molecule has 0 fully saturated rings. The van der Waals surface area contributed by atoms with E-state index in [1.54, 1.807) is 37.2 Å². The second-order valence-corrected chi connectivity index (χ2v) is 4.64. The predicted octanol–water partition coefficient (Wildman–Crippen LogP) is 1.96. The number of carbonyl (C=O) groups is 2. The van der Waals surface area contributed by atoms with Crippen LogP contribution in [0.1, 0.15) is 17.3 Å². The molecule has 104 valence electrons. The number of benzene rings is 1. The van der Waals surface area contributed by atoms with Crippen molar-refractivity contribution in [2.45, 2.75) is 6.92 Å². The van der Waals surface area contributed by atoms with Crippen molar-refractivity contribution in [3.05, 3.63) is 29.8 Å². The molecule has 0 saturated heterocycles. The third-order valence-electron chi connectivity index (χ3n) is 2.80. The first-order chi connectivity index (χ1) is 9.38. The Morgan fingerprint density at radius 2 is 1.95 bits per heavy atom. The minimum atomic E-state index is -1.03. The van der Waals surface area contributed by atoms with Crippen LogP contribution in [-0.2, 0) is 4.79 Å². The molecule has 2 N–H and O–H groups in total. The summed E-state index contributed by atoms with van der Waals surface area (Å²) in [7, 11) is 3.59. The molecule has 1 heterocycles. The van der Waals surface area contributed by atoms with Crippen LogP contribution >= 0.6 is 0 Å². The van der Waals surface area contributed by atoms with Gasteiger partial charge < -0.3 is 15.3 Å². The monoisotopic (exact) mass is 273 g/mol. The van der Waals surface area contributed by atoms with Gasteiger partial charge in [-0.2, -0.15) is 0 Å². The topological polar surface area (TPSA) is 82.5 Å². The normalized spacial score (nSPS) is 10.3. The van der Waals surface area contributed by atoms with Gasteiger partial charge >= 0.3 is 5.97 Å². The highest BCUT2D eigenvalue weighted by Gasteiger charge is 2.13. The molecule has 1 aromatic carbocycles. The van der Waals surface area contributed by atoms with Gasteiger partial charge in [0, 0.05) is 32.1 Å². The van der Waals surface area contributed by atoms with Crippen molar-refractivity contribution in [2.75, 3.05) is 24.3 Å². The number of hydrogen-bond donors (Lipinski definition) is 2. The highest BCUT2D eigenvalue weighted by molar-refractivity contribution is 6.05. The molecular formula is C14H15N3O3. The maximum atomic E-state index is 11.4. The van der Waals surface area contributed by atoms with Crippen molar-refractivity contribution in [1.29, 1.82) is 0 Å². The molecule has 0 aliphatic rings. The smallest absolute Gasteiger partial charge is 0.336 e. The highest BCUT2D eigenvalue weighted by Crippen LogP contribution is 2.25. The number of aromatic nitrogens is 1. The Morgan fingerprint density at radius 1 is 1.25 bits per heavy atom. The molecular weight excluding hydrogens is 258 g/mol. The number of anilines is 2. The molecule has 0 aliphatic carbocycles. The zero-order valence-corrected chi connectivity index (χ0v) is 11.5. The third kappa shape index (κ3) is 2.69. The molecule has 0 aliphatic heterocycles. The number of pyridine rings is 1. The largest absolute Gasteiger partial charge is 0.478 e. The Kier molecular flexibility index (Phi) is 3.56. The molecule has 1 aromatic heterocycles. The van der Waals surface area contributed by atoms with E-state index in [0.717, 1.165) is 0 Å². The molecule has 6 heteroatoms. The number of amides is 1. The van der Waals surface area contributed by atoms with Gasteiger partial charge in [-0.1, -0.05) is 0 Å². The average molecular weight is 273 g/mol. The zero-order chi connectivity index (χ0) is 14.9. The fourth-order valence-corrected chi connectivity index (χ4v) is 1.90. The molecule has 20 heavy (non-hydrogen) atoms. The summed E-state index contributed by atoms with van der Waals surface area (Å²) in [5.41, 5.74) is 1.28. The van der Waals surface area contributed by atoms with Crippen LogP contribution in [0.4, 0.5) is 11.5 Å². The lowest BCUT2D eigenvalue weighted by Crippen LogP contribution is -2.12. The molecule has 0 saturated carbocycles. The summed E-state index contributed by atoms with van der Waals surface area (Å²) in [4.78, 5) is 28.6. The van der Waals surface area contributed by atoms with Crippen molar-refractivity contribution in [1.82, 2.24) is 4.98 Å². The van der Waals surface area contributed by atoms with Crippen LogP contribution in [0.5, 0.6) is 0 Å². The van der Waals surface area contributed by atoms with Gasteiger partial charge in [0.05, 0.1) is 11.1 Å². The van der Waals surface area contributed by atoms with Crippen LogP contribution in [0.15, 0.2) is 24.3 Å². The average Bonchev–Trinajstić information content (AvgIpc) is 2.36. The van der Waals surface area contributed by atoms with Crippen LogP contribution in [-0.4, -0.2) is 36.1 Å². The number of nitrogens with one attached hydrogen (secondary N) is 1. The molecule has 2 rings (SSSR count). The lowest BCUT2D eigenvalue weighted by atomic mass is 10.1. The number of fused-ring (bicyclic) bond motifs is 1. The summed E-state index contributed by atoms with van der Waals surface area (Å²) >= 11 is 0. The highest BCUT2D eigenvalue weighted by atomic mass is 16.4. The van der Waals surface area contributed by atoms with E-state index in [1.165, 1.54) is 13.0 Å². The van der Waals surface area contributed by atoms with Gasteiger partial charge in [0.15, 0.2) is 0 Å². The molecule has 0 atom stereocenters. The first kappa shape index (κ1) is 13.8. The Morgan fingerprint density at radius 3 is 2.50 bits per heavy atom. The lowest BCUT2D eigenvalue weighted by molar-refractivity contribution is -0.114. The Bertz CT molecular complexity index is 695. The summed E-state index contributed by atoms with van der Waals surface area (Å²) in [5, 5.41) is 12.5. The van der Waals surface area contributed by atoms with E-state index >= 15 is 0 Å². The van der Waals surface area contributed by atoms with Crippen molar-refractivity contribution in [3.63, 3.8) is 0 Å². The van der Waals surface area contributed by atoms with E-state index in [4.69, 9.17) is 0 Å². The molecule has 0 spiro atoms. The molecule has 0 unspecified atom stereocenters. The van der Waals surface area contributed by atoms with Gasteiger partial charge in [-0.15, -0.1) is 0 Å². The molecule has 0 bridgehead atoms. The third-order valence-corrected chi connectivity index (χ3v) is 2.80. The Hall–Kier alpha value is -2.63. The van der Waals surface area contributed by atoms with Crippen LogP contribution in [0.25, 0.3) is 10.9 Å². The van der Waals surface area contributed by atoms with E-state index in [0.29, 0.717) is 22.4 Å². The van der Waals surface area contributed by atoms with Gasteiger partial charge in [0.1, 0.15) is 5.82 Å². The van der Waals surface area contributed by atoms with E-state index in [-0.39, 0.29) is 11.5 Å². The summed E-state index contributed by atoms with van der Waals surface area (Å²) in [5.74, 6) is -0.665. The minimum Gasteiger partial charge on any atom is -0.478 e. The Labute approximate surface area is 116 Å². The quantitative estimate of drug-likeness (QED) is 0.893. The Balaban J connectivity index is 2.67. The maximum absolute atomic E-state index is 11.4. The van der Waals surface area contributed by atoms with Crippen molar-refractivity contribution in [3.8, 4) is 0 Å². The number of nitrogens with zero attached hydrogens (tertiary/aromatic N) is 2. The first-order valence-corrected chi connectivity index (χ1v) is 6.01. The van der Waals surface area contributed by atoms with Crippen LogP contribution in [0, 0.1) is 0 Å². The maximum Gasteiger partial charge on any atom is 0.336 e. The minimum absolute atomic E-state index is 0.158. The fraction of sp³-hybridized carbons (Fsp3) is 0.214.